The Hall–Kier alpha value is -1.14. The van der Waals surface area contributed by atoms with Crippen LogP contribution >= 0.6 is 0 Å². The summed E-state index contributed by atoms with van der Waals surface area (Å²) in [6.45, 7) is 7.11. The van der Waals surface area contributed by atoms with Crippen LogP contribution in [0, 0.1) is 29.1 Å². The van der Waals surface area contributed by atoms with Gasteiger partial charge in [-0.2, -0.15) is 0 Å². The van der Waals surface area contributed by atoms with Gasteiger partial charge in [-0.25, -0.2) is 0 Å². The van der Waals surface area contributed by atoms with E-state index < -0.39 is 0 Å². The van der Waals surface area contributed by atoms with Crippen molar-refractivity contribution in [3.8, 4) is 0 Å². The predicted molar refractivity (Wildman–Crippen MR) is 115 cm³/mol. The molecule has 5 fully saturated rings. The Balaban J connectivity index is 1.09. The van der Waals surface area contributed by atoms with Crippen molar-refractivity contribution in [1.82, 2.24) is 9.80 Å². The summed E-state index contributed by atoms with van der Waals surface area (Å²) in [5.74, 6) is 2.64. The Morgan fingerprint density at radius 2 is 1.53 bits per heavy atom. The summed E-state index contributed by atoms with van der Waals surface area (Å²) >= 11 is 0. The summed E-state index contributed by atoms with van der Waals surface area (Å²) in [4.78, 5) is 29.0. The highest BCUT2D eigenvalue weighted by Crippen LogP contribution is 2.61. The lowest BCUT2D eigenvalue weighted by molar-refractivity contribution is -0.154. The minimum absolute atomic E-state index is 0.0177. The lowest BCUT2D eigenvalue weighted by Crippen LogP contribution is -2.47. The first kappa shape index (κ1) is 22.1. The highest BCUT2D eigenvalue weighted by Gasteiger charge is 2.51. The fraction of sp³-hybridized carbons (Fsp3) is 0.917. The lowest BCUT2D eigenvalue weighted by atomic mass is 9.49. The van der Waals surface area contributed by atoms with Gasteiger partial charge < -0.3 is 14.4 Å². The molecule has 4 saturated carbocycles. The van der Waals surface area contributed by atoms with Crippen LogP contribution < -0.4 is 0 Å². The quantitative estimate of drug-likeness (QED) is 0.535. The van der Waals surface area contributed by atoms with Crippen LogP contribution in [0.5, 0.6) is 0 Å². The number of rotatable bonds is 9. The summed E-state index contributed by atoms with van der Waals surface area (Å²) in [5.41, 5.74) is 0.244. The van der Waals surface area contributed by atoms with Gasteiger partial charge in [-0.3, -0.25) is 14.5 Å². The lowest BCUT2D eigenvalue weighted by Gasteiger charge is -2.56. The zero-order valence-corrected chi connectivity index (χ0v) is 18.9. The van der Waals surface area contributed by atoms with Crippen molar-refractivity contribution < 1.29 is 19.1 Å². The molecular weight excluding hydrogens is 380 g/mol. The molecule has 170 valence electrons. The second kappa shape index (κ2) is 9.56. The zero-order valence-electron chi connectivity index (χ0n) is 18.9. The largest absolute Gasteiger partial charge is 0.465 e. The topological polar surface area (TPSA) is 59.1 Å². The van der Waals surface area contributed by atoms with Crippen molar-refractivity contribution in [2.24, 2.45) is 29.1 Å². The van der Waals surface area contributed by atoms with Crippen LogP contribution in [0.4, 0.5) is 0 Å². The van der Waals surface area contributed by atoms with Gasteiger partial charge in [0, 0.05) is 26.2 Å². The Morgan fingerprint density at radius 1 is 0.933 bits per heavy atom. The van der Waals surface area contributed by atoms with E-state index in [2.05, 4.69) is 23.8 Å². The summed E-state index contributed by atoms with van der Waals surface area (Å²) < 4.78 is 11.0. The van der Waals surface area contributed by atoms with Gasteiger partial charge >= 0.3 is 11.9 Å². The molecule has 6 nitrogen and oxygen atoms in total. The molecular formula is C24H40N2O4. The number of hydrogen-bond acceptors (Lipinski definition) is 6. The van der Waals surface area contributed by atoms with Crippen LogP contribution in [-0.2, 0) is 19.1 Å². The molecule has 5 rings (SSSR count). The van der Waals surface area contributed by atoms with Crippen molar-refractivity contribution >= 4 is 11.9 Å². The SMILES string of the molecule is CC(CCOC(=O)CN1CCN(C)CC1)COC(=O)CC12CC3CC(CC(C3)C1)C2. The maximum Gasteiger partial charge on any atom is 0.320 e. The van der Waals surface area contributed by atoms with Crippen LogP contribution in [0.3, 0.4) is 0 Å². The molecule has 1 heterocycles. The first-order valence-electron chi connectivity index (χ1n) is 12.1. The molecule has 4 aliphatic carbocycles. The number of carbonyl (C=O) groups excluding carboxylic acids is 2. The highest BCUT2D eigenvalue weighted by molar-refractivity contribution is 5.71. The molecule has 0 aromatic carbocycles. The number of hydrogen-bond donors (Lipinski definition) is 0. The number of esters is 2. The Morgan fingerprint density at radius 3 is 2.13 bits per heavy atom. The molecule has 0 aromatic rings. The number of likely N-dealkylation sites (N-methyl/N-ethyl adjacent to an activating group) is 1. The van der Waals surface area contributed by atoms with Crippen LogP contribution in [0.1, 0.15) is 58.3 Å². The van der Waals surface area contributed by atoms with E-state index in [0.29, 0.717) is 26.2 Å². The van der Waals surface area contributed by atoms with Crippen molar-refractivity contribution in [2.45, 2.75) is 58.3 Å². The number of ether oxygens (including phenoxy) is 2. The molecule has 4 bridgehead atoms. The zero-order chi connectivity index (χ0) is 21.1. The third-order valence-electron chi connectivity index (χ3n) is 8.04. The van der Waals surface area contributed by atoms with Gasteiger partial charge in [-0.05, 0) is 81.1 Å². The van der Waals surface area contributed by atoms with E-state index in [4.69, 9.17) is 9.47 Å². The van der Waals surface area contributed by atoms with Gasteiger partial charge in [0.05, 0.1) is 26.2 Å². The van der Waals surface area contributed by atoms with Gasteiger partial charge in [-0.15, -0.1) is 0 Å². The Kier molecular flexibility index (Phi) is 7.03. The molecule has 5 aliphatic rings. The average molecular weight is 421 g/mol. The second-order valence-electron chi connectivity index (χ2n) is 11.0. The third-order valence-corrected chi connectivity index (χ3v) is 8.04. The van der Waals surface area contributed by atoms with Gasteiger partial charge in [0.15, 0.2) is 0 Å². The first-order valence-corrected chi connectivity index (χ1v) is 12.1. The van der Waals surface area contributed by atoms with E-state index in [0.717, 1.165) is 50.4 Å². The molecule has 1 unspecified atom stereocenters. The van der Waals surface area contributed by atoms with Crippen molar-refractivity contribution in [1.29, 1.82) is 0 Å². The van der Waals surface area contributed by atoms with E-state index in [9.17, 15) is 9.59 Å². The molecule has 30 heavy (non-hydrogen) atoms. The Labute approximate surface area is 181 Å². The van der Waals surface area contributed by atoms with E-state index in [1.807, 2.05) is 0 Å². The minimum atomic E-state index is -0.148. The third kappa shape index (κ3) is 5.76. The summed E-state index contributed by atoms with van der Waals surface area (Å²) in [5, 5.41) is 0. The van der Waals surface area contributed by atoms with Crippen molar-refractivity contribution in [3.05, 3.63) is 0 Å². The molecule has 0 radical (unpaired) electrons. The molecule has 0 spiro atoms. The predicted octanol–water partition coefficient (Wildman–Crippen LogP) is 2.95. The van der Waals surface area contributed by atoms with Gasteiger partial charge in [0.2, 0.25) is 0 Å². The van der Waals surface area contributed by atoms with Crippen LogP contribution in [0.2, 0.25) is 0 Å². The van der Waals surface area contributed by atoms with Crippen LogP contribution in [0.15, 0.2) is 0 Å². The smallest absolute Gasteiger partial charge is 0.320 e. The normalized spacial score (nSPS) is 34.7. The molecule has 1 aliphatic heterocycles. The molecule has 0 amide bonds. The van der Waals surface area contributed by atoms with Crippen molar-refractivity contribution in [2.75, 3.05) is 53.0 Å². The monoisotopic (exact) mass is 420 g/mol. The van der Waals surface area contributed by atoms with Gasteiger partial charge in [0.25, 0.3) is 0 Å². The fourth-order valence-electron chi connectivity index (χ4n) is 6.79. The maximum absolute atomic E-state index is 12.5. The van der Waals surface area contributed by atoms with Crippen molar-refractivity contribution in [3.63, 3.8) is 0 Å². The molecule has 1 saturated heterocycles. The van der Waals surface area contributed by atoms with Crippen LogP contribution in [0.25, 0.3) is 0 Å². The number of piperazine rings is 1. The maximum atomic E-state index is 12.5. The Bertz CT molecular complexity index is 579. The van der Waals surface area contributed by atoms with Crippen LogP contribution in [-0.4, -0.2) is 74.7 Å². The van der Waals surface area contributed by atoms with E-state index in [1.165, 1.54) is 38.5 Å². The first-order chi connectivity index (χ1) is 14.4. The number of carbonyl (C=O) groups is 2. The van der Waals surface area contributed by atoms with Gasteiger partial charge in [0.1, 0.15) is 0 Å². The second-order valence-corrected chi connectivity index (χ2v) is 11.0. The van der Waals surface area contributed by atoms with E-state index in [-0.39, 0.29) is 23.3 Å². The summed E-state index contributed by atoms with van der Waals surface area (Å²) in [6, 6.07) is 0. The molecule has 0 N–H and O–H groups in total. The highest BCUT2D eigenvalue weighted by atomic mass is 16.5. The summed E-state index contributed by atoms with van der Waals surface area (Å²) in [6.07, 6.45) is 9.28. The standard InChI is InChI=1S/C24H40N2O4/c1-18(3-8-29-23(28)16-26-6-4-25(2)5-7-26)17-30-22(27)15-24-12-19-9-20(13-24)11-21(10-19)14-24/h18-21H,3-17H2,1-2H3. The molecule has 1 atom stereocenters. The van der Waals surface area contributed by atoms with E-state index in [1.54, 1.807) is 0 Å². The minimum Gasteiger partial charge on any atom is -0.465 e. The van der Waals surface area contributed by atoms with E-state index >= 15 is 0 Å². The molecule has 0 aromatic heterocycles. The fourth-order valence-corrected chi connectivity index (χ4v) is 6.79. The summed E-state index contributed by atoms with van der Waals surface area (Å²) in [7, 11) is 2.10. The van der Waals surface area contributed by atoms with Gasteiger partial charge in [-0.1, -0.05) is 6.92 Å². The average Bonchev–Trinajstić information content (AvgIpc) is 2.67. The number of nitrogens with zero attached hydrogens (tertiary/aromatic N) is 2. The molecule has 6 heteroatoms.